The fourth-order valence-electron chi connectivity index (χ4n) is 2.54. The molecule has 0 aliphatic carbocycles. The monoisotopic (exact) mass is 407 g/mol. The van der Waals surface area contributed by atoms with Gasteiger partial charge in [-0.05, 0) is 37.1 Å². The first kappa shape index (κ1) is 21.2. The highest BCUT2D eigenvalue weighted by Gasteiger charge is 2.20. The Labute approximate surface area is 163 Å². The SMILES string of the molecule is COc1cc(NS(=O)(=O)c2ccc(CCC(=O)O)cc2)c(C(C)=O)cc1OC. The number of methoxy groups -OCH3 is 2. The molecule has 0 unspecified atom stereocenters. The normalized spacial score (nSPS) is 11.0. The molecule has 2 aromatic carbocycles. The van der Waals surface area contributed by atoms with Gasteiger partial charge in [-0.2, -0.15) is 0 Å². The van der Waals surface area contributed by atoms with Crippen LogP contribution < -0.4 is 14.2 Å². The Kier molecular flexibility index (Phi) is 6.63. The van der Waals surface area contributed by atoms with Crippen LogP contribution in [-0.2, 0) is 21.2 Å². The van der Waals surface area contributed by atoms with Crippen molar-refractivity contribution in [3.05, 3.63) is 47.5 Å². The van der Waals surface area contributed by atoms with Crippen LogP contribution in [0.15, 0.2) is 41.3 Å². The Bertz CT molecular complexity index is 982. The molecule has 0 heterocycles. The summed E-state index contributed by atoms with van der Waals surface area (Å²) in [6, 6.07) is 8.67. The molecule has 0 bridgehead atoms. The molecule has 2 N–H and O–H groups in total. The van der Waals surface area contributed by atoms with Gasteiger partial charge < -0.3 is 14.6 Å². The third-order valence-corrected chi connectivity index (χ3v) is 5.39. The number of carboxylic acid groups (broad SMARTS) is 1. The van der Waals surface area contributed by atoms with Crippen molar-refractivity contribution < 1.29 is 32.6 Å². The Morgan fingerprint density at radius 3 is 2.11 bits per heavy atom. The number of ketones is 1. The first-order valence-electron chi connectivity index (χ1n) is 8.28. The number of carbonyl (C=O) groups excluding carboxylic acids is 1. The van der Waals surface area contributed by atoms with Crippen molar-refractivity contribution in [2.75, 3.05) is 18.9 Å². The highest BCUT2D eigenvalue weighted by molar-refractivity contribution is 7.92. The lowest BCUT2D eigenvalue weighted by Gasteiger charge is -2.15. The van der Waals surface area contributed by atoms with E-state index < -0.39 is 16.0 Å². The first-order valence-corrected chi connectivity index (χ1v) is 9.76. The fourth-order valence-corrected chi connectivity index (χ4v) is 3.62. The minimum absolute atomic E-state index is 0.0177. The molecule has 9 heteroatoms. The van der Waals surface area contributed by atoms with Gasteiger partial charge in [-0.15, -0.1) is 0 Å². The molecular formula is C19H21NO7S. The number of rotatable bonds is 9. The minimum atomic E-state index is -3.98. The van der Waals surface area contributed by atoms with Gasteiger partial charge >= 0.3 is 5.97 Å². The van der Waals surface area contributed by atoms with E-state index in [1.54, 1.807) is 12.1 Å². The molecule has 0 aliphatic heterocycles. The van der Waals surface area contributed by atoms with Crippen LogP contribution >= 0.6 is 0 Å². The van der Waals surface area contributed by atoms with Crippen LogP contribution in [0.1, 0.15) is 29.3 Å². The Morgan fingerprint density at radius 1 is 1.04 bits per heavy atom. The highest BCUT2D eigenvalue weighted by Crippen LogP contribution is 2.34. The Hall–Kier alpha value is -3.07. The number of sulfonamides is 1. The van der Waals surface area contributed by atoms with E-state index in [1.165, 1.54) is 45.4 Å². The summed E-state index contributed by atoms with van der Waals surface area (Å²) in [7, 11) is -1.16. The van der Waals surface area contributed by atoms with Gasteiger partial charge in [0.1, 0.15) is 0 Å². The maximum Gasteiger partial charge on any atom is 0.303 e. The number of carboxylic acids is 1. The van der Waals surface area contributed by atoms with Crippen molar-refractivity contribution in [1.82, 2.24) is 0 Å². The van der Waals surface area contributed by atoms with E-state index in [0.717, 1.165) is 0 Å². The number of aryl methyl sites for hydroxylation is 1. The average Bonchev–Trinajstić information content (AvgIpc) is 2.65. The predicted octanol–water partition coefficient (Wildman–Crippen LogP) is 2.72. The summed E-state index contributed by atoms with van der Waals surface area (Å²) in [5, 5.41) is 8.72. The van der Waals surface area contributed by atoms with Crippen molar-refractivity contribution in [3.63, 3.8) is 0 Å². The molecule has 0 aromatic heterocycles. The summed E-state index contributed by atoms with van der Waals surface area (Å²) in [5.41, 5.74) is 0.913. The van der Waals surface area contributed by atoms with E-state index >= 15 is 0 Å². The van der Waals surface area contributed by atoms with Gasteiger partial charge in [0.2, 0.25) is 0 Å². The Morgan fingerprint density at radius 2 is 1.61 bits per heavy atom. The number of nitrogens with one attached hydrogen (secondary N) is 1. The maximum absolute atomic E-state index is 12.7. The fraction of sp³-hybridized carbons (Fsp3) is 0.263. The molecule has 150 valence electrons. The van der Waals surface area contributed by atoms with E-state index in [4.69, 9.17) is 14.6 Å². The molecule has 0 atom stereocenters. The van der Waals surface area contributed by atoms with Crippen molar-refractivity contribution in [2.24, 2.45) is 0 Å². The van der Waals surface area contributed by atoms with Crippen molar-refractivity contribution in [2.45, 2.75) is 24.7 Å². The number of aliphatic carboxylic acids is 1. The number of carbonyl (C=O) groups is 2. The second-order valence-corrected chi connectivity index (χ2v) is 7.63. The molecule has 0 saturated heterocycles. The lowest BCUT2D eigenvalue weighted by atomic mass is 10.1. The third kappa shape index (κ3) is 5.01. The highest BCUT2D eigenvalue weighted by atomic mass is 32.2. The number of anilines is 1. The molecular weight excluding hydrogens is 386 g/mol. The standard InChI is InChI=1S/C19H21NO7S/c1-12(21)15-10-17(26-2)18(27-3)11-16(15)20-28(24,25)14-7-4-13(5-8-14)6-9-19(22)23/h4-5,7-8,10-11,20H,6,9H2,1-3H3,(H,22,23). The van der Waals surface area contributed by atoms with Crippen LogP contribution in [-0.4, -0.2) is 39.5 Å². The molecule has 0 radical (unpaired) electrons. The number of benzene rings is 2. The van der Waals surface area contributed by atoms with Crippen LogP contribution in [0.4, 0.5) is 5.69 Å². The summed E-state index contributed by atoms with van der Waals surface area (Å²) in [4.78, 5) is 22.6. The maximum atomic E-state index is 12.7. The Balaban J connectivity index is 2.35. The molecule has 0 spiro atoms. The zero-order valence-electron chi connectivity index (χ0n) is 15.7. The van der Waals surface area contributed by atoms with Gasteiger partial charge in [-0.3, -0.25) is 14.3 Å². The molecule has 0 amide bonds. The molecule has 0 saturated carbocycles. The van der Waals surface area contributed by atoms with E-state index in [1.807, 2.05) is 0 Å². The topological polar surface area (TPSA) is 119 Å². The lowest BCUT2D eigenvalue weighted by Crippen LogP contribution is -2.15. The number of ether oxygens (including phenoxy) is 2. The summed E-state index contributed by atoms with van der Waals surface area (Å²) >= 11 is 0. The van der Waals surface area contributed by atoms with Gasteiger partial charge in [0.05, 0.1) is 24.8 Å². The van der Waals surface area contributed by atoms with Crippen LogP contribution in [0.25, 0.3) is 0 Å². The van der Waals surface area contributed by atoms with E-state index in [9.17, 15) is 18.0 Å². The van der Waals surface area contributed by atoms with E-state index in [2.05, 4.69) is 4.72 Å². The van der Waals surface area contributed by atoms with E-state index in [-0.39, 0.29) is 34.1 Å². The smallest absolute Gasteiger partial charge is 0.303 e. The molecule has 2 rings (SSSR count). The van der Waals surface area contributed by atoms with Crippen LogP contribution in [0.5, 0.6) is 11.5 Å². The molecule has 2 aromatic rings. The van der Waals surface area contributed by atoms with Gasteiger partial charge in [0, 0.05) is 18.1 Å². The number of Topliss-reactive ketones (excluding diaryl/α,β-unsaturated/α-hetero) is 1. The summed E-state index contributed by atoms with van der Waals surface area (Å²) in [6.45, 7) is 1.32. The minimum Gasteiger partial charge on any atom is -0.493 e. The largest absolute Gasteiger partial charge is 0.493 e. The second kappa shape index (κ2) is 8.75. The quantitative estimate of drug-likeness (QED) is 0.613. The summed E-state index contributed by atoms with van der Waals surface area (Å²) < 4.78 is 38.2. The van der Waals surface area contributed by atoms with Crippen molar-refractivity contribution >= 4 is 27.5 Å². The number of hydrogen-bond donors (Lipinski definition) is 2. The zero-order valence-corrected chi connectivity index (χ0v) is 16.5. The van der Waals surface area contributed by atoms with Gasteiger partial charge in [-0.1, -0.05) is 12.1 Å². The molecule has 0 aliphatic rings. The molecule has 0 fully saturated rings. The van der Waals surface area contributed by atoms with Crippen LogP contribution in [0.2, 0.25) is 0 Å². The second-order valence-electron chi connectivity index (χ2n) is 5.95. The van der Waals surface area contributed by atoms with Gasteiger partial charge in [-0.25, -0.2) is 8.42 Å². The number of hydrogen-bond acceptors (Lipinski definition) is 6. The predicted molar refractivity (Wildman–Crippen MR) is 103 cm³/mol. The van der Waals surface area contributed by atoms with Crippen LogP contribution in [0, 0.1) is 0 Å². The van der Waals surface area contributed by atoms with Gasteiger partial charge in [0.25, 0.3) is 10.0 Å². The van der Waals surface area contributed by atoms with Gasteiger partial charge in [0.15, 0.2) is 17.3 Å². The van der Waals surface area contributed by atoms with Crippen molar-refractivity contribution in [3.8, 4) is 11.5 Å². The van der Waals surface area contributed by atoms with E-state index in [0.29, 0.717) is 17.7 Å². The summed E-state index contributed by atoms with van der Waals surface area (Å²) in [6.07, 6.45) is 0.255. The first-order chi connectivity index (χ1) is 13.2. The average molecular weight is 407 g/mol. The van der Waals surface area contributed by atoms with Crippen LogP contribution in [0.3, 0.4) is 0 Å². The summed E-state index contributed by atoms with van der Waals surface area (Å²) in [5.74, 6) is -0.695. The third-order valence-electron chi connectivity index (χ3n) is 4.01. The lowest BCUT2D eigenvalue weighted by molar-refractivity contribution is -0.136. The van der Waals surface area contributed by atoms with Crippen molar-refractivity contribution in [1.29, 1.82) is 0 Å². The molecule has 28 heavy (non-hydrogen) atoms. The molecule has 8 nitrogen and oxygen atoms in total. The zero-order chi connectivity index (χ0) is 20.9.